The zero-order valence-electron chi connectivity index (χ0n) is 16.7. The van der Waals surface area contributed by atoms with Gasteiger partial charge in [-0.25, -0.2) is 14.2 Å². The molecule has 1 N–H and O–H groups in total. The number of benzene rings is 1. The van der Waals surface area contributed by atoms with Crippen LogP contribution in [0.2, 0.25) is 24.7 Å². The number of pyridine rings is 1. The summed E-state index contributed by atoms with van der Waals surface area (Å²) in [7, 11) is -1.78. The predicted octanol–water partition coefficient (Wildman–Crippen LogP) is 4.69. The molecule has 2 aromatic rings. The van der Waals surface area contributed by atoms with Gasteiger partial charge in [-0.2, -0.15) is 5.26 Å². The van der Waals surface area contributed by atoms with Crippen molar-refractivity contribution in [3.63, 3.8) is 0 Å². The summed E-state index contributed by atoms with van der Waals surface area (Å²) in [6.07, 6.45) is -0.991. The summed E-state index contributed by atoms with van der Waals surface area (Å²) in [5.74, 6) is 2.37. The van der Waals surface area contributed by atoms with E-state index in [2.05, 4.69) is 58.1 Å². The van der Waals surface area contributed by atoms with Crippen LogP contribution >= 0.6 is 27.5 Å². The maximum atomic E-state index is 15.0. The second kappa shape index (κ2) is 8.42. The van der Waals surface area contributed by atoms with Crippen molar-refractivity contribution in [2.24, 2.45) is 0 Å². The smallest absolute Gasteiger partial charge is 0.407 e. The molecular formula is C20H19BrClFN4O2Si. The van der Waals surface area contributed by atoms with E-state index in [1.54, 1.807) is 6.07 Å². The highest BCUT2D eigenvalue weighted by Gasteiger charge is 2.27. The molecule has 30 heavy (non-hydrogen) atoms. The minimum absolute atomic E-state index is 0.0702. The molecule has 1 aromatic heterocycles. The Balaban J connectivity index is 2.28. The number of nitrogens with zero attached hydrogens (tertiary/aromatic N) is 4. The Morgan fingerprint density at radius 3 is 2.50 bits per heavy atom. The molecule has 0 aliphatic carbocycles. The first-order valence-corrected chi connectivity index (χ1v) is 13.9. The van der Waals surface area contributed by atoms with Crippen LogP contribution in [0.1, 0.15) is 11.3 Å². The number of nitriles is 1. The summed E-state index contributed by atoms with van der Waals surface area (Å²) in [5, 5.41) is 19.7. The Morgan fingerprint density at radius 1 is 1.33 bits per heavy atom. The van der Waals surface area contributed by atoms with E-state index >= 15 is 4.39 Å². The molecule has 0 radical (unpaired) electrons. The van der Waals surface area contributed by atoms with E-state index in [1.165, 1.54) is 4.90 Å². The zero-order valence-corrected chi connectivity index (χ0v) is 20.0. The van der Waals surface area contributed by atoms with Gasteiger partial charge < -0.3 is 14.9 Å². The minimum atomic E-state index is -1.78. The molecule has 1 aliphatic heterocycles. The fourth-order valence-electron chi connectivity index (χ4n) is 3.18. The number of aromatic nitrogens is 1. The van der Waals surface area contributed by atoms with Gasteiger partial charge in [0.1, 0.15) is 30.9 Å². The monoisotopic (exact) mass is 508 g/mol. The molecule has 6 nitrogen and oxygen atoms in total. The summed E-state index contributed by atoms with van der Waals surface area (Å²) in [6.45, 7) is 7.45. The molecule has 0 spiro atoms. The highest BCUT2D eigenvalue weighted by atomic mass is 79.9. The number of piperazine rings is 1. The molecule has 1 amide bonds. The Morgan fingerprint density at radius 2 is 1.97 bits per heavy atom. The lowest BCUT2D eigenvalue weighted by Crippen LogP contribution is -2.48. The molecule has 1 aromatic carbocycles. The average Bonchev–Trinajstić information content (AvgIpc) is 2.69. The summed E-state index contributed by atoms with van der Waals surface area (Å²) in [5.41, 5.74) is 4.21. The molecule has 156 valence electrons. The molecule has 3 rings (SSSR count). The highest BCUT2D eigenvalue weighted by molar-refractivity contribution is 9.10. The van der Waals surface area contributed by atoms with Gasteiger partial charge in [-0.1, -0.05) is 37.2 Å². The lowest BCUT2D eigenvalue weighted by molar-refractivity contribution is 0.142. The van der Waals surface area contributed by atoms with Gasteiger partial charge in [-0.05, 0) is 22.0 Å². The number of amides is 1. The van der Waals surface area contributed by atoms with Crippen molar-refractivity contribution in [2.45, 2.75) is 19.6 Å². The fraction of sp³-hybridized carbons (Fsp3) is 0.350. The molecule has 1 aliphatic rings. The number of hydrogen-bond acceptors (Lipinski definition) is 4. The maximum Gasteiger partial charge on any atom is 0.407 e. The third-order valence-corrected chi connectivity index (χ3v) is 6.80. The van der Waals surface area contributed by atoms with E-state index in [1.807, 2.05) is 4.90 Å². The van der Waals surface area contributed by atoms with E-state index in [-0.39, 0.29) is 39.4 Å². The van der Waals surface area contributed by atoms with E-state index in [4.69, 9.17) is 11.6 Å². The predicted molar refractivity (Wildman–Crippen MR) is 121 cm³/mol. The van der Waals surface area contributed by atoms with Crippen LogP contribution in [-0.2, 0) is 0 Å². The Hall–Kier alpha value is -2.33. The average molecular weight is 510 g/mol. The van der Waals surface area contributed by atoms with Crippen LogP contribution in [0.15, 0.2) is 10.5 Å². The molecule has 2 heterocycles. The number of fused-ring (bicyclic) bond motifs is 1. The fourth-order valence-corrected chi connectivity index (χ4v) is 4.17. The second-order valence-electron chi connectivity index (χ2n) is 7.94. The van der Waals surface area contributed by atoms with Crippen LogP contribution in [0.3, 0.4) is 0 Å². The molecule has 1 fully saturated rings. The molecular weight excluding hydrogens is 491 g/mol. The van der Waals surface area contributed by atoms with Crippen molar-refractivity contribution in [1.82, 2.24) is 9.88 Å². The van der Waals surface area contributed by atoms with Crippen LogP contribution < -0.4 is 4.90 Å². The number of carbonyl (C=O) groups is 1. The lowest BCUT2D eigenvalue weighted by atomic mass is 10.0. The molecule has 0 atom stereocenters. The third-order valence-electron chi connectivity index (χ3n) is 4.62. The summed E-state index contributed by atoms with van der Waals surface area (Å²) in [4.78, 5) is 18.8. The number of hydrogen-bond donors (Lipinski definition) is 1. The lowest BCUT2D eigenvalue weighted by Gasteiger charge is -2.35. The van der Waals surface area contributed by atoms with Gasteiger partial charge in [0.25, 0.3) is 0 Å². The number of anilines is 1. The van der Waals surface area contributed by atoms with Crippen molar-refractivity contribution in [3.8, 4) is 17.5 Å². The van der Waals surface area contributed by atoms with Crippen LogP contribution in [0.25, 0.3) is 10.9 Å². The first-order valence-electron chi connectivity index (χ1n) is 9.20. The van der Waals surface area contributed by atoms with Crippen LogP contribution in [0, 0.1) is 28.6 Å². The van der Waals surface area contributed by atoms with E-state index in [9.17, 15) is 15.2 Å². The molecule has 0 unspecified atom stereocenters. The van der Waals surface area contributed by atoms with Crippen LogP contribution in [0.5, 0.6) is 0 Å². The molecule has 1 saturated heterocycles. The zero-order chi connectivity index (χ0) is 22.2. The number of halogens is 3. The summed E-state index contributed by atoms with van der Waals surface area (Å²) in [6, 6.07) is 3.75. The Kier molecular flexibility index (Phi) is 6.28. The molecule has 0 bridgehead atoms. The highest BCUT2D eigenvalue weighted by Crippen LogP contribution is 2.38. The summed E-state index contributed by atoms with van der Waals surface area (Å²) < 4.78 is 15.1. The molecule has 0 saturated carbocycles. The topological polar surface area (TPSA) is 80.5 Å². The standard InChI is InChI=1S/C20H19BrClFN4O2Si/c1-30(2,3)9-4-15-13(11-24)19(26-5-7-27(8-6-26)20(28)29)12-10-14(22)16(21)17(23)18(12)25-15/h10H,5-8H2,1-3H3,(H,28,29). The van der Waals surface area contributed by atoms with Crippen molar-refractivity contribution < 1.29 is 14.3 Å². The second-order valence-corrected chi connectivity index (χ2v) is 13.9. The van der Waals surface area contributed by atoms with Gasteiger partial charge in [0, 0.05) is 31.6 Å². The van der Waals surface area contributed by atoms with Crippen molar-refractivity contribution in [2.75, 3.05) is 31.1 Å². The Labute approximate surface area is 188 Å². The van der Waals surface area contributed by atoms with Gasteiger partial charge in [-0.3, -0.25) is 0 Å². The minimum Gasteiger partial charge on any atom is -0.465 e. The summed E-state index contributed by atoms with van der Waals surface area (Å²) >= 11 is 9.35. The first-order chi connectivity index (χ1) is 14.0. The number of carboxylic acid groups (broad SMARTS) is 1. The van der Waals surface area contributed by atoms with Gasteiger partial charge in [0.15, 0.2) is 5.82 Å². The quantitative estimate of drug-likeness (QED) is 0.343. The van der Waals surface area contributed by atoms with Gasteiger partial charge >= 0.3 is 6.09 Å². The largest absolute Gasteiger partial charge is 0.465 e. The van der Waals surface area contributed by atoms with Crippen LogP contribution in [0.4, 0.5) is 14.9 Å². The van der Waals surface area contributed by atoms with Crippen LogP contribution in [-0.4, -0.2) is 55.3 Å². The van der Waals surface area contributed by atoms with Gasteiger partial charge in [0.2, 0.25) is 0 Å². The third kappa shape index (κ3) is 4.39. The maximum absolute atomic E-state index is 15.0. The van der Waals surface area contributed by atoms with E-state index in [0.717, 1.165) is 0 Å². The van der Waals surface area contributed by atoms with Gasteiger partial charge in [-0.15, -0.1) is 5.54 Å². The Bertz CT molecular complexity index is 1140. The molecule has 10 heteroatoms. The van der Waals surface area contributed by atoms with Crippen molar-refractivity contribution in [1.29, 1.82) is 5.26 Å². The SMILES string of the molecule is C[Si](C)(C)C#Cc1nc2c(F)c(Br)c(Cl)cc2c(N2CCN(C(=O)O)CC2)c1C#N. The van der Waals surface area contributed by atoms with E-state index < -0.39 is 20.0 Å². The normalized spacial score (nSPS) is 14.3. The van der Waals surface area contributed by atoms with Crippen molar-refractivity contribution in [3.05, 3.63) is 32.6 Å². The number of rotatable bonds is 1. The first kappa shape index (κ1) is 22.4. The van der Waals surface area contributed by atoms with Crippen molar-refractivity contribution >= 4 is 58.3 Å². The van der Waals surface area contributed by atoms with Gasteiger partial charge in [0.05, 0.1) is 15.2 Å². The van der Waals surface area contributed by atoms with E-state index in [0.29, 0.717) is 24.2 Å².